The van der Waals surface area contributed by atoms with E-state index in [-0.39, 0.29) is 6.42 Å². The lowest BCUT2D eigenvalue weighted by molar-refractivity contribution is -0.136. The summed E-state index contributed by atoms with van der Waals surface area (Å²) in [6.45, 7) is 2.16. The van der Waals surface area contributed by atoms with Crippen molar-refractivity contribution in [2.24, 2.45) is 0 Å². The third-order valence-corrected chi connectivity index (χ3v) is 2.01. The van der Waals surface area contributed by atoms with Crippen molar-refractivity contribution in [3.8, 4) is 0 Å². The van der Waals surface area contributed by atoms with Crippen LogP contribution in [0.1, 0.15) is 51.9 Å². The van der Waals surface area contributed by atoms with Gasteiger partial charge in [0.2, 0.25) is 0 Å². The van der Waals surface area contributed by atoms with Crippen LogP contribution < -0.4 is 0 Å². The van der Waals surface area contributed by atoms with Crippen LogP contribution in [0.5, 0.6) is 0 Å². The van der Waals surface area contributed by atoms with Crippen LogP contribution in [0.3, 0.4) is 0 Å². The highest BCUT2D eigenvalue weighted by molar-refractivity contribution is 6.61. The molecular formula is C10H17ClO3. The molecule has 82 valence electrons. The number of rotatable bonds is 7. The summed E-state index contributed by atoms with van der Waals surface area (Å²) < 4.78 is 4.17. The normalized spacial score (nSPS) is 9.86. The fourth-order valence-corrected chi connectivity index (χ4v) is 1.28. The van der Waals surface area contributed by atoms with Crippen molar-refractivity contribution in [3.63, 3.8) is 0 Å². The van der Waals surface area contributed by atoms with Gasteiger partial charge < -0.3 is 4.74 Å². The topological polar surface area (TPSA) is 43.4 Å². The molecule has 0 aromatic carbocycles. The fourth-order valence-electron chi connectivity index (χ4n) is 1.19. The minimum atomic E-state index is -1.04. The highest BCUT2D eigenvalue weighted by atomic mass is 35.5. The van der Waals surface area contributed by atoms with Crippen LogP contribution in [0.2, 0.25) is 0 Å². The zero-order chi connectivity index (χ0) is 10.8. The van der Waals surface area contributed by atoms with Gasteiger partial charge in [-0.15, -0.1) is 0 Å². The molecule has 14 heavy (non-hydrogen) atoms. The van der Waals surface area contributed by atoms with Crippen LogP contribution in [0.25, 0.3) is 0 Å². The predicted octanol–water partition coefficient (Wildman–Crippen LogP) is 3.64. The van der Waals surface area contributed by atoms with Gasteiger partial charge in [-0.3, -0.25) is 4.79 Å². The number of halogens is 1. The van der Waals surface area contributed by atoms with Crippen molar-refractivity contribution < 1.29 is 14.3 Å². The van der Waals surface area contributed by atoms with Gasteiger partial charge >= 0.3 is 11.4 Å². The van der Waals surface area contributed by atoms with E-state index in [2.05, 4.69) is 11.7 Å². The van der Waals surface area contributed by atoms with E-state index in [4.69, 9.17) is 11.6 Å². The van der Waals surface area contributed by atoms with E-state index in [1.807, 2.05) is 0 Å². The number of unbranched alkanes of at least 4 members (excludes halogenated alkanes) is 5. The van der Waals surface area contributed by atoms with E-state index >= 15 is 0 Å². The predicted molar refractivity (Wildman–Crippen MR) is 55.3 cm³/mol. The maximum atomic E-state index is 10.8. The van der Waals surface area contributed by atoms with Crippen LogP contribution in [-0.2, 0) is 9.53 Å². The highest BCUT2D eigenvalue weighted by Gasteiger charge is 2.06. The molecule has 0 aliphatic carbocycles. The SMILES string of the molecule is CCCCCCCCC(=O)OC(=O)Cl. The molecule has 0 fully saturated rings. The summed E-state index contributed by atoms with van der Waals surface area (Å²) in [5.74, 6) is -0.527. The first-order valence-electron chi connectivity index (χ1n) is 5.07. The summed E-state index contributed by atoms with van der Waals surface area (Å²) in [6, 6.07) is 0. The minimum absolute atomic E-state index is 0.282. The summed E-state index contributed by atoms with van der Waals surface area (Å²) in [7, 11) is 0. The summed E-state index contributed by atoms with van der Waals surface area (Å²) in [5, 5.41) is 0. The Morgan fingerprint density at radius 2 is 1.64 bits per heavy atom. The molecule has 0 radical (unpaired) electrons. The van der Waals surface area contributed by atoms with Crippen LogP contribution in [0, 0.1) is 0 Å². The third-order valence-electron chi connectivity index (χ3n) is 1.93. The Hall–Kier alpha value is -0.570. The van der Waals surface area contributed by atoms with Crippen molar-refractivity contribution >= 4 is 23.0 Å². The molecular weight excluding hydrogens is 204 g/mol. The highest BCUT2D eigenvalue weighted by Crippen LogP contribution is 2.07. The second-order valence-corrected chi connectivity index (χ2v) is 3.54. The third kappa shape index (κ3) is 9.52. The molecule has 0 aliphatic heterocycles. The average Bonchev–Trinajstić information content (AvgIpc) is 2.10. The molecule has 0 spiro atoms. The lowest BCUT2D eigenvalue weighted by Gasteiger charge is -1.99. The second kappa shape index (κ2) is 9.00. The minimum Gasteiger partial charge on any atom is -0.381 e. The van der Waals surface area contributed by atoms with Gasteiger partial charge in [0.15, 0.2) is 0 Å². The van der Waals surface area contributed by atoms with Crippen LogP contribution in [0.15, 0.2) is 0 Å². The maximum absolute atomic E-state index is 10.8. The Kier molecular flexibility index (Phi) is 8.64. The molecule has 0 amide bonds. The molecule has 0 N–H and O–H groups in total. The average molecular weight is 221 g/mol. The first-order valence-corrected chi connectivity index (χ1v) is 5.44. The van der Waals surface area contributed by atoms with Crippen molar-refractivity contribution in [3.05, 3.63) is 0 Å². The fraction of sp³-hybridized carbons (Fsp3) is 0.800. The van der Waals surface area contributed by atoms with Gasteiger partial charge in [-0.25, -0.2) is 4.79 Å². The van der Waals surface area contributed by atoms with Gasteiger partial charge in [-0.2, -0.15) is 0 Å². The molecule has 3 nitrogen and oxygen atoms in total. The number of hydrogen-bond donors (Lipinski definition) is 0. The molecule has 0 aromatic rings. The quantitative estimate of drug-likeness (QED) is 0.285. The monoisotopic (exact) mass is 220 g/mol. The van der Waals surface area contributed by atoms with Gasteiger partial charge in [0, 0.05) is 18.0 Å². The first kappa shape index (κ1) is 13.4. The van der Waals surface area contributed by atoms with E-state index in [9.17, 15) is 9.59 Å². The molecule has 0 bridgehead atoms. The molecule has 0 rings (SSSR count). The molecule has 0 aromatic heterocycles. The number of carbonyl (C=O) groups is 2. The van der Waals surface area contributed by atoms with Crippen molar-refractivity contribution in [2.45, 2.75) is 51.9 Å². The number of ether oxygens (including phenoxy) is 1. The lowest BCUT2D eigenvalue weighted by atomic mass is 10.1. The summed E-state index contributed by atoms with van der Waals surface area (Å²) >= 11 is 4.87. The lowest BCUT2D eigenvalue weighted by Crippen LogP contribution is -2.05. The van der Waals surface area contributed by atoms with Crippen LogP contribution in [0.4, 0.5) is 4.79 Å². The summed E-state index contributed by atoms with van der Waals surface area (Å²) in [6.07, 6.45) is 6.85. The van der Waals surface area contributed by atoms with Gasteiger partial charge in [0.25, 0.3) is 0 Å². The van der Waals surface area contributed by atoms with Gasteiger partial charge in [-0.05, 0) is 6.42 Å². The summed E-state index contributed by atoms with van der Waals surface area (Å²) in [4.78, 5) is 21.0. The molecule has 4 heteroatoms. The van der Waals surface area contributed by atoms with E-state index < -0.39 is 11.4 Å². The Morgan fingerprint density at radius 1 is 1.07 bits per heavy atom. The zero-order valence-electron chi connectivity index (χ0n) is 8.55. The molecule has 0 saturated carbocycles. The molecule has 0 unspecified atom stereocenters. The van der Waals surface area contributed by atoms with Crippen molar-refractivity contribution in [2.75, 3.05) is 0 Å². The molecule has 0 aliphatic rings. The van der Waals surface area contributed by atoms with Gasteiger partial charge in [0.1, 0.15) is 0 Å². The Morgan fingerprint density at radius 3 is 2.21 bits per heavy atom. The van der Waals surface area contributed by atoms with Crippen molar-refractivity contribution in [1.82, 2.24) is 0 Å². The van der Waals surface area contributed by atoms with Crippen molar-refractivity contribution in [1.29, 1.82) is 0 Å². The number of carbonyl (C=O) groups excluding carboxylic acids is 2. The first-order chi connectivity index (χ1) is 6.66. The van der Waals surface area contributed by atoms with Gasteiger partial charge in [-0.1, -0.05) is 39.0 Å². The molecule has 0 atom stereocenters. The van der Waals surface area contributed by atoms with Gasteiger partial charge in [0.05, 0.1) is 0 Å². The largest absolute Gasteiger partial charge is 0.411 e. The second-order valence-electron chi connectivity index (χ2n) is 3.23. The smallest absolute Gasteiger partial charge is 0.381 e. The van der Waals surface area contributed by atoms with E-state index in [0.717, 1.165) is 19.3 Å². The van der Waals surface area contributed by atoms with Crippen LogP contribution in [-0.4, -0.2) is 11.4 Å². The van der Waals surface area contributed by atoms with E-state index in [1.165, 1.54) is 19.3 Å². The summed E-state index contributed by atoms with van der Waals surface area (Å²) in [5.41, 5.74) is -1.04. The standard InChI is InChI=1S/C10H17ClO3/c1-2-3-4-5-6-7-8-9(12)14-10(11)13/h2-8H2,1H3. The Labute approximate surface area is 89.8 Å². The van der Waals surface area contributed by atoms with E-state index in [0.29, 0.717) is 0 Å². The zero-order valence-corrected chi connectivity index (χ0v) is 9.31. The maximum Gasteiger partial charge on any atom is 0.411 e. The molecule has 0 heterocycles. The van der Waals surface area contributed by atoms with E-state index in [1.54, 1.807) is 0 Å². The Balaban J connectivity index is 3.19. The Bertz CT molecular complexity index is 180. The molecule has 0 saturated heterocycles. The van der Waals surface area contributed by atoms with Crippen LogP contribution >= 0.6 is 11.6 Å². The number of hydrogen-bond acceptors (Lipinski definition) is 3. The number of esters is 1.